The monoisotopic (exact) mass is 326 g/mol. The molecule has 0 amide bonds. The van der Waals surface area contributed by atoms with Crippen molar-refractivity contribution in [2.45, 2.75) is 26.2 Å². The summed E-state index contributed by atoms with van der Waals surface area (Å²) in [7, 11) is 0. The molecule has 0 unspecified atom stereocenters. The van der Waals surface area contributed by atoms with E-state index < -0.39 is 0 Å². The molecule has 0 saturated carbocycles. The molecule has 2 rings (SSSR count). The van der Waals surface area contributed by atoms with Crippen molar-refractivity contribution < 1.29 is 4.74 Å². The number of aromatic nitrogens is 3. The Morgan fingerprint density at radius 1 is 1.32 bits per heavy atom. The van der Waals surface area contributed by atoms with Crippen molar-refractivity contribution in [3.63, 3.8) is 0 Å². The Morgan fingerprint density at radius 3 is 3.00 bits per heavy atom. The predicted molar refractivity (Wildman–Crippen MR) is 79.5 cm³/mol. The fourth-order valence-electron chi connectivity index (χ4n) is 1.66. The number of unbranched alkanes of at least 4 members (excludes halogenated alkanes) is 1. The first kappa shape index (κ1) is 14.3. The maximum absolute atomic E-state index is 5.49. The Labute approximate surface area is 121 Å². The third-order valence-corrected chi connectivity index (χ3v) is 3.15. The molecule has 19 heavy (non-hydrogen) atoms. The van der Waals surface area contributed by atoms with Crippen molar-refractivity contribution in [1.29, 1.82) is 0 Å². The fourth-order valence-corrected chi connectivity index (χ4v) is 1.98. The van der Waals surface area contributed by atoms with Crippen molar-refractivity contribution in [2.75, 3.05) is 25.1 Å². The van der Waals surface area contributed by atoms with E-state index in [0.29, 0.717) is 5.95 Å². The normalized spacial score (nSPS) is 11.1. The molecule has 0 aliphatic heterocycles. The van der Waals surface area contributed by atoms with E-state index in [2.05, 4.69) is 38.3 Å². The molecule has 0 atom stereocenters. The van der Waals surface area contributed by atoms with Crippen LogP contribution in [0.15, 0.2) is 22.8 Å². The molecular weight excluding hydrogens is 308 g/mol. The van der Waals surface area contributed by atoms with Crippen LogP contribution < -0.4 is 5.32 Å². The number of nitrogens with zero attached hydrogens (tertiary/aromatic N) is 3. The van der Waals surface area contributed by atoms with Crippen LogP contribution in [-0.2, 0) is 4.74 Å². The Kier molecular flexibility index (Phi) is 5.60. The van der Waals surface area contributed by atoms with Crippen LogP contribution in [-0.4, -0.2) is 34.4 Å². The van der Waals surface area contributed by atoms with Gasteiger partial charge in [-0.1, -0.05) is 13.3 Å². The standard InChI is InChI=1S/C13H19BrN4O/c1-2-3-8-19-9-4-7-15-13-16-12-6-5-11(14)10-18(12)17-13/h5-6,10H,2-4,7-9H2,1H3,(H,15,17). The molecule has 0 spiro atoms. The second-order valence-electron chi connectivity index (χ2n) is 4.33. The summed E-state index contributed by atoms with van der Waals surface area (Å²) in [5, 5.41) is 7.55. The van der Waals surface area contributed by atoms with Gasteiger partial charge in [-0.25, -0.2) is 4.52 Å². The maximum atomic E-state index is 5.49. The van der Waals surface area contributed by atoms with E-state index in [4.69, 9.17) is 4.74 Å². The van der Waals surface area contributed by atoms with E-state index in [1.807, 2.05) is 18.3 Å². The van der Waals surface area contributed by atoms with Gasteiger partial charge in [-0.15, -0.1) is 5.10 Å². The third kappa shape index (κ3) is 4.47. The lowest BCUT2D eigenvalue weighted by atomic mass is 10.4. The zero-order valence-corrected chi connectivity index (χ0v) is 12.7. The van der Waals surface area contributed by atoms with Crippen molar-refractivity contribution in [3.05, 3.63) is 22.8 Å². The largest absolute Gasteiger partial charge is 0.381 e. The molecule has 5 nitrogen and oxygen atoms in total. The van der Waals surface area contributed by atoms with Gasteiger partial charge in [0.25, 0.3) is 0 Å². The molecule has 0 fully saturated rings. The predicted octanol–water partition coefficient (Wildman–Crippen LogP) is 3.11. The number of fused-ring (bicyclic) bond motifs is 1. The van der Waals surface area contributed by atoms with Gasteiger partial charge in [0.1, 0.15) is 0 Å². The van der Waals surface area contributed by atoms with Crippen LogP contribution in [0.1, 0.15) is 26.2 Å². The smallest absolute Gasteiger partial charge is 0.243 e. The van der Waals surface area contributed by atoms with Gasteiger partial charge in [0.2, 0.25) is 5.95 Å². The molecule has 6 heteroatoms. The molecule has 0 aliphatic rings. The van der Waals surface area contributed by atoms with Gasteiger partial charge >= 0.3 is 0 Å². The molecule has 0 aliphatic carbocycles. The van der Waals surface area contributed by atoms with Crippen LogP contribution in [0, 0.1) is 0 Å². The van der Waals surface area contributed by atoms with E-state index >= 15 is 0 Å². The van der Waals surface area contributed by atoms with Crippen LogP contribution in [0.5, 0.6) is 0 Å². The average molecular weight is 327 g/mol. The Hall–Kier alpha value is -1.14. The van der Waals surface area contributed by atoms with Gasteiger partial charge in [-0.05, 0) is 40.9 Å². The summed E-state index contributed by atoms with van der Waals surface area (Å²) in [5.74, 6) is 0.659. The summed E-state index contributed by atoms with van der Waals surface area (Å²) in [6, 6.07) is 3.88. The summed E-state index contributed by atoms with van der Waals surface area (Å²) >= 11 is 3.41. The lowest BCUT2D eigenvalue weighted by Crippen LogP contribution is -2.07. The van der Waals surface area contributed by atoms with Gasteiger partial charge in [0.15, 0.2) is 5.65 Å². The van der Waals surface area contributed by atoms with E-state index in [0.717, 1.165) is 42.7 Å². The zero-order chi connectivity index (χ0) is 13.5. The van der Waals surface area contributed by atoms with Gasteiger partial charge in [0, 0.05) is 30.4 Å². The topological polar surface area (TPSA) is 51.5 Å². The van der Waals surface area contributed by atoms with Gasteiger partial charge in [-0.2, -0.15) is 4.98 Å². The Balaban J connectivity index is 1.72. The summed E-state index contributed by atoms with van der Waals surface area (Å²) in [6.07, 6.45) is 5.17. The molecule has 2 heterocycles. The summed E-state index contributed by atoms with van der Waals surface area (Å²) in [4.78, 5) is 4.38. The van der Waals surface area contributed by atoms with Gasteiger partial charge < -0.3 is 10.1 Å². The van der Waals surface area contributed by atoms with Crippen molar-refractivity contribution >= 4 is 27.5 Å². The number of hydrogen-bond donors (Lipinski definition) is 1. The summed E-state index contributed by atoms with van der Waals surface area (Å²) in [6.45, 7) is 4.63. The molecule has 1 N–H and O–H groups in total. The Morgan fingerprint density at radius 2 is 2.16 bits per heavy atom. The zero-order valence-electron chi connectivity index (χ0n) is 11.1. The summed E-state index contributed by atoms with van der Waals surface area (Å²) in [5.41, 5.74) is 0.838. The fraction of sp³-hybridized carbons (Fsp3) is 0.538. The second kappa shape index (κ2) is 7.45. The molecule has 0 radical (unpaired) electrons. The molecule has 0 saturated heterocycles. The number of ether oxygens (including phenoxy) is 1. The number of anilines is 1. The second-order valence-corrected chi connectivity index (χ2v) is 5.25. The highest BCUT2D eigenvalue weighted by molar-refractivity contribution is 9.10. The lowest BCUT2D eigenvalue weighted by Gasteiger charge is -2.03. The summed E-state index contributed by atoms with van der Waals surface area (Å²) < 4.78 is 8.24. The highest BCUT2D eigenvalue weighted by atomic mass is 79.9. The Bertz CT molecular complexity index is 514. The molecule has 2 aromatic heterocycles. The van der Waals surface area contributed by atoms with Crippen LogP contribution >= 0.6 is 15.9 Å². The number of hydrogen-bond acceptors (Lipinski definition) is 4. The molecule has 104 valence electrons. The van der Waals surface area contributed by atoms with E-state index in [-0.39, 0.29) is 0 Å². The number of halogens is 1. The number of nitrogens with one attached hydrogen (secondary N) is 1. The number of rotatable bonds is 8. The molecule has 0 bridgehead atoms. The van der Waals surface area contributed by atoms with Crippen LogP contribution in [0.25, 0.3) is 5.65 Å². The first-order valence-electron chi connectivity index (χ1n) is 6.63. The maximum Gasteiger partial charge on any atom is 0.243 e. The van der Waals surface area contributed by atoms with Gasteiger partial charge in [-0.3, -0.25) is 0 Å². The molecular formula is C13H19BrN4O. The highest BCUT2D eigenvalue weighted by Gasteiger charge is 2.02. The van der Waals surface area contributed by atoms with E-state index in [9.17, 15) is 0 Å². The van der Waals surface area contributed by atoms with Crippen LogP contribution in [0.2, 0.25) is 0 Å². The highest BCUT2D eigenvalue weighted by Crippen LogP contribution is 2.11. The first-order valence-corrected chi connectivity index (χ1v) is 7.42. The third-order valence-electron chi connectivity index (χ3n) is 2.69. The lowest BCUT2D eigenvalue weighted by molar-refractivity contribution is 0.131. The molecule has 2 aromatic rings. The van der Waals surface area contributed by atoms with Crippen molar-refractivity contribution in [1.82, 2.24) is 14.6 Å². The minimum Gasteiger partial charge on any atom is -0.381 e. The first-order chi connectivity index (χ1) is 9.29. The average Bonchev–Trinajstić information content (AvgIpc) is 2.79. The van der Waals surface area contributed by atoms with Crippen molar-refractivity contribution in [3.8, 4) is 0 Å². The minimum atomic E-state index is 0.659. The minimum absolute atomic E-state index is 0.659. The van der Waals surface area contributed by atoms with Crippen LogP contribution in [0.4, 0.5) is 5.95 Å². The van der Waals surface area contributed by atoms with Crippen molar-refractivity contribution in [2.24, 2.45) is 0 Å². The van der Waals surface area contributed by atoms with E-state index in [1.165, 1.54) is 6.42 Å². The quantitative estimate of drug-likeness (QED) is 0.757. The molecule has 0 aromatic carbocycles. The van der Waals surface area contributed by atoms with Gasteiger partial charge in [0.05, 0.1) is 0 Å². The van der Waals surface area contributed by atoms with Crippen LogP contribution in [0.3, 0.4) is 0 Å². The van der Waals surface area contributed by atoms with E-state index in [1.54, 1.807) is 4.52 Å². The SMILES string of the molecule is CCCCOCCCNc1nc2ccc(Br)cn2n1. The number of pyridine rings is 1.